The van der Waals surface area contributed by atoms with Gasteiger partial charge in [0.2, 0.25) is 0 Å². The molecule has 1 atom stereocenters. The Bertz CT molecular complexity index is 1790. The number of thiazole rings is 1. The van der Waals surface area contributed by atoms with Crippen molar-refractivity contribution in [3.63, 3.8) is 0 Å². The Hall–Kier alpha value is -4.01. The van der Waals surface area contributed by atoms with Crippen LogP contribution in [0.4, 0.5) is 5.69 Å². The molecule has 178 valence electrons. The average Bonchev–Trinajstić information content (AvgIpc) is 3.18. The van der Waals surface area contributed by atoms with E-state index in [1.807, 2.05) is 36.4 Å². The van der Waals surface area contributed by atoms with Crippen LogP contribution in [0.3, 0.4) is 0 Å². The van der Waals surface area contributed by atoms with Gasteiger partial charge in [-0.15, -0.1) is 0 Å². The van der Waals surface area contributed by atoms with E-state index >= 15 is 0 Å². The zero-order valence-electron chi connectivity index (χ0n) is 18.7. The topological polar surface area (TPSA) is 97.7 Å². The van der Waals surface area contributed by atoms with E-state index in [1.165, 1.54) is 35.1 Å². The van der Waals surface area contributed by atoms with Crippen molar-refractivity contribution in [3.05, 3.63) is 129 Å². The molecule has 4 aromatic rings. The van der Waals surface area contributed by atoms with Gasteiger partial charge in [-0.3, -0.25) is 19.5 Å². The minimum atomic E-state index is -0.656. The third kappa shape index (κ3) is 3.57. The molecule has 1 aliphatic carbocycles. The average molecular weight is 516 g/mol. The highest BCUT2D eigenvalue weighted by molar-refractivity contribution is 7.07. The van der Waals surface area contributed by atoms with E-state index < -0.39 is 22.4 Å². The first-order chi connectivity index (χ1) is 17.4. The van der Waals surface area contributed by atoms with Crippen LogP contribution in [0.25, 0.3) is 11.8 Å². The third-order valence-corrected chi connectivity index (χ3v) is 7.89. The summed E-state index contributed by atoms with van der Waals surface area (Å²) in [5.41, 5.74) is 4.79. The van der Waals surface area contributed by atoms with Gasteiger partial charge in [0.05, 0.1) is 21.2 Å². The lowest BCUT2D eigenvalue weighted by atomic mass is 9.83. The fraction of sp³-hybridized carbons (Fsp3) is 0.111. The lowest BCUT2D eigenvalue weighted by Crippen LogP contribution is -2.38. The summed E-state index contributed by atoms with van der Waals surface area (Å²) >= 11 is 7.87. The number of rotatable bonds is 3. The van der Waals surface area contributed by atoms with Crippen molar-refractivity contribution in [3.8, 4) is 5.75 Å². The molecule has 0 spiro atoms. The number of phenolic OH excluding ortho intramolecular Hbond substituents is 1. The smallest absolute Gasteiger partial charge is 0.311 e. The first kappa shape index (κ1) is 22.5. The van der Waals surface area contributed by atoms with E-state index in [2.05, 4.69) is 12.1 Å². The molecule has 0 saturated carbocycles. The largest absolute Gasteiger partial charge is 0.502 e. The molecule has 1 N–H and O–H groups in total. The normalized spacial score (nSPS) is 16.7. The fourth-order valence-electron chi connectivity index (χ4n) is 4.92. The Morgan fingerprint density at radius 1 is 1.11 bits per heavy atom. The lowest BCUT2D eigenvalue weighted by molar-refractivity contribution is -0.385. The molecule has 1 aliphatic heterocycles. The summed E-state index contributed by atoms with van der Waals surface area (Å²) in [6.07, 6.45) is 3.18. The van der Waals surface area contributed by atoms with Gasteiger partial charge >= 0.3 is 5.69 Å². The number of hydrogen-bond acceptors (Lipinski definition) is 6. The zero-order valence-corrected chi connectivity index (χ0v) is 20.3. The highest BCUT2D eigenvalue weighted by Gasteiger charge is 2.33. The van der Waals surface area contributed by atoms with Gasteiger partial charge in [0.25, 0.3) is 5.56 Å². The summed E-state index contributed by atoms with van der Waals surface area (Å²) in [5.74, 6) is -0.427. The van der Waals surface area contributed by atoms with Crippen LogP contribution >= 0.6 is 22.9 Å². The number of hydrogen-bond donors (Lipinski definition) is 1. The number of aromatic nitrogens is 1. The quantitative estimate of drug-likeness (QED) is 0.319. The van der Waals surface area contributed by atoms with Crippen molar-refractivity contribution in [1.82, 2.24) is 4.57 Å². The molecule has 0 amide bonds. The van der Waals surface area contributed by atoms with Crippen molar-refractivity contribution in [2.24, 2.45) is 4.99 Å². The van der Waals surface area contributed by atoms with Crippen LogP contribution in [0.2, 0.25) is 5.02 Å². The van der Waals surface area contributed by atoms with Crippen LogP contribution in [0, 0.1) is 10.1 Å². The maximum absolute atomic E-state index is 13.8. The van der Waals surface area contributed by atoms with Crippen molar-refractivity contribution in [2.75, 3.05) is 0 Å². The van der Waals surface area contributed by atoms with E-state index in [0.29, 0.717) is 19.9 Å². The Morgan fingerprint density at radius 2 is 1.89 bits per heavy atom. The van der Waals surface area contributed by atoms with Crippen LogP contribution in [-0.4, -0.2) is 14.6 Å². The number of aromatic hydroxyl groups is 1. The van der Waals surface area contributed by atoms with Crippen LogP contribution in [-0.2, 0) is 6.42 Å². The third-order valence-electron chi connectivity index (χ3n) is 6.57. The molecular weight excluding hydrogens is 498 g/mol. The number of benzene rings is 3. The molecule has 2 heterocycles. The van der Waals surface area contributed by atoms with Crippen molar-refractivity contribution < 1.29 is 10.0 Å². The van der Waals surface area contributed by atoms with Gasteiger partial charge in [-0.25, -0.2) is 4.99 Å². The Kier molecular flexibility index (Phi) is 5.35. The molecular formula is C27H18ClN3O4S. The summed E-state index contributed by atoms with van der Waals surface area (Å²) in [4.78, 5) is 29.8. The van der Waals surface area contributed by atoms with E-state index in [4.69, 9.17) is 16.6 Å². The predicted molar refractivity (Wildman–Crippen MR) is 139 cm³/mol. The summed E-state index contributed by atoms with van der Waals surface area (Å²) < 4.78 is 2.07. The summed E-state index contributed by atoms with van der Waals surface area (Å²) in [5, 5.41) is 21.6. The maximum Gasteiger partial charge on any atom is 0.311 e. The van der Waals surface area contributed by atoms with Gasteiger partial charge in [-0.2, -0.15) is 0 Å². The fourth-order valence-corrected chi connectivity index (χ4v) is 6.16. The molecule has 0 fully saturated rings. The number of nitro groups is 1. The first-order valence-electron chi connectivity index (χ1n) is 11.3. The van der Waals surface area contributed by atoms with Crippen molar-refractivity contribution in [2.45, 2.75) is 18.9 Å². The van der Waals surface area contributed by atoms with Gasteiger partial charge in [-0.05, 0) is 53.3 Å². The van der Waals surface area contributed by atoms with Gasteiger partial charge < -0.3 is 5.11 Å². The SMILES string of the molecule is O=c1c(=Cc2ccc(O)c([N+](=O)[O-])c2)sc2n1[C@H](c1ccccc1Cl)C1=C(N=2)c2ccccc2CC1. The van der Waals surface area contributed by atoms with E-state index in [9.17, 15) is 20.0 Å². The van der Waals surface area contributed by atoms with E-state index in [-0.39, 0.29) is 5.56 Å². The monoisotopic (exact) mass is 515 g/mol. The van der Waals surface area contributed by atoms with Crippen molar-refractivity contribution in [1.29, 1.82) is 0 Å². The van der Waals surface area contributed by atoms with Crippen LogP contribution in [0.1, 0.15) is 34.7 Å². The number of halogens is 1. The second-order valence-electron chi connectivity index (χ2n) is 8.64. The number of allylic oxidation sites excluding steroid dienone is 1. The van der Waals surface area contributed by atoms with Crippen LogP contribution in [0.5, 0.6) is 5.75 Å². The highest BCUT2D eigenvalue weighted by Crippen LogP contribution is 2.42. The first-order valence-corrected chi connectivity index (χ1v) is 12.5. The minimum Gasteiger partial charge on any atom is -0.502 e. The summed E-state index contributed by atoms with van der Waals surface area (Å²) in [6, 6.07) is 19.3. The van der Waals surface area contributed by atoms with Crippen molar-refractivity contribution >= 4 is 40.4 Å². The van der Waals surface area contributed by atoms with Gasteiger partial charge in [0.1, 0.15) is 0 Å². The van der Waals surface area contributed by atoms with Crippen LogP contribution < -0.4 is 14.9 Å². The van der Waals surface area contributed by atoms with E-state index in [0.717, 1.165) is 35.2 Å². The minimum absolute atomic E-state index is 0.246. The Morgan fingerprint density at radius 3 is 2.69 bits per heavy atom. The summed E-state index contributed by atoms with van der Waals surface area (Å²) in [6.45, 7) is 0. The molecule has 0 radical (unpaired) electrons. The van der Waals surface area contributed by atoms with E-state index in [1.54, 1.807) is 10.6 Å². The number of nitrogens with zero attached hydrogens (tertiary/aromatic N) is 3. The second-order valence-corrected chi connectivity index (χ2v) is 10.1. The maximum atomic E-state index is 13.8. The second kappa shape index (κ2) is 8.58. The molecule has 36 heavy (non-hydrogen) atoms. The standard InChI is InChI=1S/C27H18ClN3O4S/c28-20-8-4-3-7-18(20)25-19-11-10-16-5-1-2-6-17(16)24(19)29-27-30(25)26(33)23(36-27)14-15-9-12-22(32)21(13-15)31(34)35/h1-9,12-14,25,32H,10-11H2/t25-/m1/s1. The van der Waals surface area contributed by atoms with Crippen LogP contribution in [0.15, 0.2) is 82.1 Å². The molecule has 1 aromatic heterocycles. The highest BCUT2D eigenvalue weighted by atomic mass is 35.5. The molecule has 2 aliphatic rings. The molecule has 0 saturated heterocycles. The Labute approximate surface area is 213 Å². The zero-order chi connectivity index (χ0) is 25.0. The number of phenols is 1. The molecule has 0 bridgehead atoms. The summed E-state index contributed by atoms with van der Waals surface area (Å²) in [7, 11) is 0. The predicted octanol–water partition coefficient (Wildman–Crippen LogP) is 4.59. The number of aryl methyl sites for hydroxylation is 1. The number of fused-ring (bicyclic) bond motifs is 3. The molecule has 0 unspecified atom stereocenters. The van der Waals surface area contributed by atoms with Gasteiger partial charge in [-0.1, -0.05) is 71.5 Å². The Balaban J connectivity index is 1.62. The molecule has 3 aromatic carbocycles. The molecule has 7 nitrogen and oxygen atoms in total. The van der Waals surface area contributed by atoms with Gasteiger partial charge in [0, 0.05) is 16.7 Å². The van der Waals surface area contributed by atoms with Gasteiger partial charge in [0.15, 0.2) is 10.6 Å². The lowest BCUT2D eigenvalue weighted by Gasteiger charge is -2.31. The molecule has 9 heteroatoms. The molecule has 6 rings (SSSR count). The number of nitro benzene ring substituents is 1.